The van der Waals surface area contributed by atoms with Gasteiger partial charge in [-0.2, -0.15) is 0 Å². The third kappa shape index (κ3) is 5.32. The number of Topliss-reactive ketones (excluding diaryl/α,β-unsaturated/α-hetero) is 1. The Balaban J connectivity index is 1.73. The Morgan fingerprint density at radius 1 is 0.967 bits per heavy atom. The quantitative estimate of drug-likeness (QED) is 0.426. The smallest absolute Gasteiger partial charge is 0.335 e. The van der Waals surface area contributed by atoms with E-state index in [4.69, 9.17) is 14.6 Å². The van der Waals surface area contributed by atoms with Gasteiger partial charge in [0.2, 0.25) is 0 Å². The highest BCUT2D eigenvalue weighted by Gasteiger charge is 2.08. The Kier molecular flexibility index (Phi) is 6.60. The summed E-state index contributed by atoms with van der Waals surface area (Å²) in [6, 6.07) is 19.1. The Morgan fingerprint density at radius 2 is 1.73 bits per heavy atom. The van der Waals surface area contributed by atoms with E-state index in [9.17, 15) is 9.59 Å². The Bertz CT molecular complexity index is 1100. The summed E-state index contributed by atoms with van der Waals surface area (Å²) in [5.41, 5.74) is 3.05. The van der Waals surface area contributed by atoms with Crippen molar-refractivity contribution in [1.82, 2.24) is 0 Å². The van der Waals surface area contributed by atoms with Gasteiger partial charge < -0.3 is 14.6 Å². The summed E-state index contributed by atoms with van der Waals surface area (Å²) in [5.74, 6) is 0.0794. The molecule has 0 fully saturated rings. The third-order valence-corrected chi connectivity index (χ3v) is 4.37. The van der Waals surface area contributed by atoms with Crippen LogP contribution in [0.25, 0.3) is 0 Å². The lowest BCUT2D eigenvalue weighted by Crippen LogP contribution is -2.01. The molecule has 6 nitrogen and oxygen atoms in total. The number of aliphatic imine (C=N–C) groups is 1. The fraction of sp³-hybridized carbons (Fsp3) is 0.125. The normalized spacial score (nSPS) is 10.7. The van der Waals surface area contributed by atoms with Gasteiger partial charge in [-0.05, 0) is 60.5 Å². The maximum atomic E-state index is 11.5. The predicted molar refractivity (Wildman–Crippen MR) is 114 cm³/mol. The number of hydrogen-bond acceptors (Lipinski definition) is 5. The SMILES string of the molecule is COc1cc(C=Nc2cccc(C(C)=O)c2)ccc1OCc1cccc(C(=O)O)c1. The van der Waals surface area contributed by atoms with Crippen molar-refractivity contribution in [3.63, 3.8) is 0 Å². The molecule has 0 amide bonds. The standard InChI is InChI=1S/C24H21NO5/c1-16(26)19-6-4-8-21(13-19)25-14-17-9-10-22(23(12-17)29-2)30-15-18-5-3-7-20(11-18)24(27)28/h3-14H,15H2,1-2H3,(H,27,28). The summed E-state index contributed by atoms with van der Waals surface area (Å²) in [7, 11) is 1.55. The number of rotatable bonds is 8. The van der Waals surface area contributed by atoms with Crippen molar-refractivity contribution in [1.29, 1.82) is 0 Å². The number of benzene rings is 3. The van der Waals surface area contributed by atoms with Crippen LogP contribution >= 0.6 is 0 Å². The first-order valence-electron chi connectivity index (χ1n) is 9.24. The highest BCUT2D eigenvalue weighted by atomic mass is 16.5. The van der Waals surface area contributed by atoms with E-state index >= 15 is 0 Å². The maximum absolute atomic E-state index is 11.5. The number of carboxylic acids is 1. The number of hydrogen-bond donors (Lipinski definition) is 1. The molecular formula is C24H21NO5. The molecule has 3 rings (SSSR count). The molecule has 0 unspecified atom stereocenters. The van der Waals surface area contributed by atoms with Crippen LogP contribution in [0.15, 0.2) is 71.7 Å². The molecule has 1 N–H and O–H groups in total. The fourth-order valence-electron chi connectivity index (χ4n) is 2.79. The van der Waals surface area contributed by atoms with Gasteiger partial charge in [0.25, 0.3) is 0 Å². The average molecular weight is 403 g/mol. The number of carbonyl (C=O) groups is 2. The number of aromatic carboxylic acids is 1. The first-order valence-corrected chi connectivity index (χ1v) is 9.24. The second-order valence-corrected chi connectivity index (χ2v) is 6.57. The number of nitrogens with zero attached hydrogens (tertiary/aromatic N) is 1. The fourth-order valence-corrected chi connectivity index (χ4v) is 2.79. The molecule has 152 valence electrons. The van der Waals surface area contributed by atoms with Crippen molar-refractivity contribution in [3.05, 3.63) is 89.0 Å². The number of ether oxygens (including phenoxy) is 2. The number of carbonyl (C=O) groups excluding carboxylic acids is 1. The van der Waals surface area contributed by atoms with Crippen molar-refractivity contribution in [3.8, 4) is 11.5 Å². The van der Waals surface area contributed by atoms with Gasteiger partial charge in [-0.3, -0.25) is 9.79 Å². The van der Waals surface area contributed by atoms with Crippen LogP contribution < -0.4 is 9.47 Å². The number of ketones is 1. The minimum atomic E-state index is -0.980. The molecule has 30 heavy (non-hydrogen) atoms. The van der Waals surface area contributed by atoms with Crippen LogP contribution in [0.3, 0.4) is 0 Å². The lowest BCUT2D eigenvalue weighted by atomic mass is 10.1. The molecule has 3 aromatic rings. The van der Waals surface area contributed by atoms with Crippen LogP contribution in [0, 0.1) is 0 Å². The van der Waals surface area contributed by atoms with Crippen LogP contribution in [0.1, 0.15) is 38.8 Å². The molecule has 0 bridgehead atoms. The monoisotopic (exact) mass is 403 g/mol. The summed E-state index contributed by atoms with van der Waals surface area (Å²) in [5, 5.41) is 9.09. The highest BCUT2D eigenvalue weighted by Crippen LogP contribution is 2.28. The van der Waals surface area contributed by atoms with Gasteiger partial charge in [0, 0.05) is 11.8 Å². The molecule has 0 saturated carbocycles. The molecule has 0 spiro atoms. The zero-order chi connectivity index (χ0) is 21.5. The molecule has 6 heteroatoms. The minimum absolute atomic E-state index is 0.0101. The molecule has 0 aliphatic carbocycles. The summed E-state index contributed by atoms with van der Waals surface area (Å²) in [6.45, 7) is 1.73. The van der Waals surface area contributed by atoms with Crippen molar-refractivity contribution in [2.75, 3.05) is 7.11 Å². The van der Waals surface area contributed by atoms with Crippen LogP contribution in [-0.2, 0) is 6.61 Å². The zero-order valence-corrected chi connectivity index (χ0v) is 16.7. The Labute approximate surface area is 174 Å². The van der Waals surface area contributed by atoms with Gasteiger partial charge >= 0.3 is 5.97 Å². The second kappa shape index (κ2) is 9.52. The van der Waals surface area contributed by atoms with Crippen molar-refractivity contribution >= 4 is 23.7 Å². The van der Waals surface area contributed by atoms with Crippen LogP contribution in [0.4, 0.5) is 5.69 Å². The van der Waals surface area contributed by atoms with E-state index in [1.165, 1.54) is 13.0 Å². The van der Waals surface area contributed by atoms with E-state index in [-0.39, 0.29) is 18.0 Å². The molecule has 0 heterocycles. The first-order chi connectivity index (χ1) is 14.5. The zero-order valence-electron chi connectivity index (χ0n) is 16.7. The van der Waals surface area contributed by atoms with Gasteiger partial charge in [-0.1, -0.05) is 24.3 Å². The van der Waals surface area contributed by atoms with Crippen LogP contribution in [-0.4, -0.2) is 30.2 Å². The van der Waals surface area contributed by atoms with Crippen molar-refractivity contribution in [2.24, 2.45) is 4.99 Å². The molecule has 0 aliphatic rings. The third-order valence-electron chi connectivity index (χ3n) is 4.37. The summed E-state index contributed by atoms with van der Waals surface area (Å²) in [4.78, 5) is 27.0. The maximum Gasteiger partial charge on any atom is 0.335 e. The van der Waals surface area contributed by atoms with Gasteiger partial charge in [0.1, 0.15) is 6.61 Å². The highest BCUT2D eigenvalue weighted by molar-refractivity contribution is 5.95. The molecule has 0 atom stereocenters. The molecule has 0 saturated heterocycles. The molecule has 3 aromatic carbocycles. The van der Waals surface area contributed by atoms with E-state index in [1.807, 2.05) is 12.1 Å². The van der Waals surface area contributed by atoms with Crippen molar-refractivity contribution in [2.45, 2.75) is 13.5 Å². The lowest BCUT2D eigenvalue weighted by Gasteiger charge is -2.11. The van der Waals surface area contributed by atoms with E-state index in [0.29, 0.717) is 22.7 Å². The van der Waals surface area contributed by atoms with E-state index in [1.54, 1.807) is 61.9 Å². The Morgan fingerprint density at radius 3 is 2.47 bits per heavy atom. The number of carboxylic acid groups (broad SMARTS) is 1. The van der Waals surface area contributed by atoms with Gasteiger partial charge in [-0.15, -0.1) is 0 Å². The first kappa shape index (κ1) is 20.8. The van der Waals surface area contributed by atoms with Crippen LogP contribution in [0.5, 0.6) is 11.5 Å². The van der Waals surface area contributed by atoms with E-state index in [2.05, 4.69) is 4.99 Å². The van der Waals surface area contributed by atoms with Crippen LogP contribution in [0.2, 0.25) is 0 Å². The largest absolute Gasteiger partial charge is 0.493 e. The molecule has 0 aliphatic heterocycles. The van der Waals surface area contributed by atoms with E-state index < -0.39 is 5.97 Å². The average Bonchev–Trinajstić information content (AvgIpc) is 2.76. The lowest BCUT2D eigenvalue weighted by molar-refractivity contribution is 0.0696. The van der Waals surface area contributed by atoms with Gasteiger partial charge in [0.15, 0.2) is 17.3 Å². The summed E-state index contributed by atoms with van der Waals surface area (Å²) < 4.78 is 11.2. The predicted octanol–water partition coefficient (Wildman–Crippen LogP) is 4.93. The van der Waals surface area contributed by atoms with Gasteiger partial charge in [-0.25, -0.2) is 4.79 Å². The summed E-state index contributed by atoms with van der Waals surface area (Å²) in [6.07, 6.45) is 1.68. The van der Waals surface area contributed by atoms with Crippen molar-refractivity contribution < 1.29 is 24.2 Å². The topological polar surface area (TPSA) is 85.2 Å². The van der Waals surface area contributed by atoms with E-state index in [0.717, 1.165) is 11.1 Å². The molecule has 0 aromatic heterocycles. The molecular weight excluding hydrogens is 382 g/mol. The molecule has 0 radical (unpaired) electrons. The Hall–Kier alpha value is -3.93. The second-order valence-electron chi connectivity index (χ2n) is 6.57. The summed E-state index contributed by atoms with van der Waals surface area (Å²) >= 11 is 0. The number of methoxy groups -OCH3 is 1. The minimum Gasteiger partial charge on any atom is -0.493 e. The van der Waals surface area contributed by atoms with Gasteiger partial charge in [0.05, 0.1) is 18.4 Å².